The minimum atomic E-state index is -0.902. The number of halogens is 3. The molecule has 0 amide bonds. The normalized spacial score (nSPS) is 10.5. The van der Waals surface area contributed by atoms with Gasteiger partial charge in [0.1, 0.15) is 5.82 Å². The Bertz CT molecular complexity index is 602. The number of benzene rings is 1. The summed E-state index contributed by atoms with van der Waals surface area (Å²) >= 11 is 0. The second kappa shape index (κ2) is 5.17. The smallest absolute Gasteiger partial charge is 0.168 e. The molecule has 0 aliphatic carbocycles. The molecule has 2 aromatic rings. The van der Waals surface area contributed by atoms with Crippen molar-refractivity contribution in [3.63, 3.8) is 0 Å². The maximum Gasteiger partial charge on any atom is 0.168 e. The highest BCUT2D eigenvalue weighted by Crippen LogP contribution is 2.21. The molecule has 1 heterocycles. The minimum Gasteiger partial charge on any atom is -0.381 e. The van der Waals surface area contributed by atoms with Crippen LogP contribution in [0.1, 0.15) is 5.56 Å². The first-order valence-corrected chi connectivity index (χ1v) is 5.54. The van der Waals surface area contributed by atoms with Crippen molar-refractivity contribution >= 4 is 11.6 Å². The van der Waals surface area contributed by atoms with Crippen molar-refractivity contribution in [2.24, 2.45) is 0 Å². The number of hydrogen-bond donors (Lipinski definition) is 1. The van der Waals surface area contributed by atoms with Crippen molar-refractivity contribution < 1.29 is 13.2 Å². The molecule has 1 aromatic heterocycles. The van der Waals surface area contributed by atoms with Gasteiger partial charge in [-0.3, -0.25) is 0 Å². The highest BCUT2D eigenvalue weighted by atomic mass is 19.1. The predicted molar refractivity (Wildman–Crippen MR) is 67.1 cm³/mol. The molecule has 0 spiro atoms. The Morgan fingerprint density at radius 1 is 1.16 bits per heavy atom. The van der Waals surface area contributed by atoms with E-state index in [-0.39, 0.29) is 24.0 Å². The highest BCUT2D eigenvalue weighted by Gasteiger charge is 2.14. The van der Waals surface area contributed by atoms with Crippen LogP contribution in [0.3, 0.4) is 0 Å². The third-order valence-corrected chi connectivity index (χ3v) is 2.61. The third kappa shape index (κ3) is 2.96. The molecule has 6 heteroatoms. The molecule has 0 saturated carbocycles. The van der Waals surface area contributed by atoms with E-state index in [1.807, 2.05) is 0 Å². The fourth-order valence-electron chi connectivity index (χ4n) is 1.72. The Labute approximate surface area is 108 Å². The number of hydrogen-bond acceptors (Lipinski definition) is 3. The molecule has 0 saturated heterocycles. The Hall–Kier alpha value is -2.24. The topological polar surface area (TPSA) is 42.2 Å². The van der Waals surface area contributed by atoms with Gasteiger partial charge in [-0.25, -0.2) is 18.2 Å². The summed E-state index contributed by atoms with van der Waals surface area (Å²) in [4.78, 5) is 5.08. The second-order valence-corrected chi connectivity index (χ2v) is 4.15. The van der Waals surface area contributed by atoms with Gasteiger partial charge in [-0.1, -0.05) is 12.1 Å². The Morgan fingerprint density at radius 2 is 1.89 bits per heavy atom. The average Bonchev–Trinajstić information content (AvgIpc) is 2.33. The number of nitrogens with two attached hydrogens (primary N) is 1. The minimum absolute atomic E-state index is 0.0804. The zero-order valence-corrected chi connectivity index (χ0v) is 10.2. The molecule has 0 bridgehead atoms. The SMILES string of the molecule is CN(Cc1cccc(F)c1)c1nc(N)c(F)cc1F. The number of nitrogen functional groups attached to an aromatic ring is 1. The molecule has 0 unspecified atom stereocenters. The molecule has 0 aliphatic heterocycles. The van der Waals surface area contributed by atoms with Crippen molar-refractivity contribution in [2.45, 2.75) is 6.54 Å². The van der Waals surface area contributed by atoms with Gasteiger partial charge in [0.25, 0.3) is 0 Å². The number of aromatic nitrogens is 1. The molecule has 19 heavy (non-hydrogen) atoms. The van der Waals surface area contributed by atoms with Gasteiger partial charge < -0.3 is 10.6 Å². The third-order valence-electron chi connectivity index (χ3n) is 2.61. The molecule has 0 radical (unpaired) electrons. The summed E-state index contributed by atoms with van der Waals surface area (Å²) in [7, 11) is 1.56. The van der Waals surface area contributed by atoms with Crippen LogP contribution in [-0.2, 0) is 6.54 Å². The van der Waals surface area contributed by atoms with Crippen LogP contribution in [0.15, 0.2) is 30.3 Å². The molecule has 2 N–H and O–H groups in total. The monoisotopic (exact) mass is 267 g/mol. The quantitative estimate of drug-likeness (QED) is 0.929. The van der Waals surface area contributed by atoms with E-state index >= 15 is 0 Å². The van der Waals surface area contributed by atoms with Crippen molar-refractivity contribution in [1.29, 1.82) is 0 Å². The number of anilines is 2. The van der Waals surface area contributed by atoms with E-state index in [4.69, 9.17) is 5.73 Å². The fourth-order valence-corrected chi connectivity index (χ4v) is 1.72. The van der Waals surface area contributed by atoms with E-state index in [2.05, 4.69) is 4.98 Å². The lowest BCUT2D eigenvalue weighted by Gasteiger charge is -2.19. The first-order valence-electron chi connectivity index (χ1n) is 5.54. The summed E-state index contributed by atoms with van der Waals surface area (Å²) in [5, 5.41) is 0. The van der Waals surface area contributed by atoms with Gasteiger partial charge in [0, 0.05) is 19.7 Å². The summed E-state index contributed by atoms with van der Waals surface area (Å²) in [5.41, 5.74) is 5.95. The zero-order valence-electron chi connectivity index (χ0n) is 10.2. The summed E-state index contributed by atoms with van der Waals surface area (Å²) < 4.78 is 39.6. The summed E-state index contributed by atoms with van der Waals surface area (Å²) in [6.45, 7) is 0.229. The Kier molecular flexibility index (Phi) is 3.59. The number of nitrogens with zero attached hydrogens (tertiary/aromatic N) is 2. The summed E-state index contributed by atoms with van der Waals surface area (Å²) in [5.74, 6) is -2.55. The van der Waals surface area contributed by atoms with Gasteiger partial charge >= 0.3 is 0 Å². The van der Waals surface area contributed by atoms with Crippen LogP contribution in [0, 0.1) is 17.5 Å². The Morgan fingerprint density at radius 3 is 2.58 bits per heavy atom. The zero-order chi connectivity index (χ0) is 14.0. The van der Waals surface area contributed by atoms with Crippen LogP contribution in [0.4, 0.5) is 24.8 Å². The molecule has 3 nitrogen and oxygen atoms in total. The van der Waals surface area contributed by atoms with E-state index < -0.39 is 11.6 Å². The van der Waals surface area contributed by atoms with Crippen molar-refractivity contribution in [1.82, 2.24) is 4.98 Å². The molecule has 1 aromatic carbocycles. The number of rotatable bonds is 3. The van der Waals surface area contributed by atoms with Gasteiger partial charge in [-0.2, -0.15) is 0 Å². The van der Waals surface area contributed by atoms with Gasteiger partial charge in [0.05, 0.1) is 0 Å². The Balaban J connectivity index is 2.25. The highest BCUT2D eigenvalue weighted by molar-refractivity contribution is 5.47. The molecular formula is C13H12F3N3. The lowest BCUT2D eigenvalue weighted by atomic mass is 10.2. The van der Waals surface area contributed by atoms with Crippen LogP contribution < -0.4 is 10.6 Å². The maximum absolute atomic E-state index is 13.6. The molecule has 0 aliphatic rings. The van der Waals surface area contributed by atoms with Gasteiger partial charge in [0.15, 0.2) is 23.3 Å². The predicted octanol–water partition coefficient (Wildman–Crippen LogP) is 2.72. The summed E-state index contributed by atoms with van der Waals surface area (Å²) in [6, 6.07) is 6.59. The van der Waals surface area contributed by atoms with Gasteiger partial charge in [-0.15, -0.1) is 0 Å². The second-order valence-electron chi connectivity index (χ2n) is 4.15. The molecule has 2 rings (SSSR count). The van der Waals surface area contributed by atoms with Crippen LogP contribution in [-0.4, -0.2) is 12.0 Å². The number of pyridine rings is 1. The largest absolute Gasteiger partial charge is 0.381 e. The first-order chi connectivity index (χ1) is 8.97. The standard InChI is InChI=1S/C13H12F3N3/c1-19(7-8-3-2-4-9(14)5-8)13-11(16)6-10(15)12(17)18-13/h2-6H,7H2,1H3,(H2,17,18). The van der Waals surface area contributed by atoms with E-state index in [1.54, 1.807) is 19.2 Å². The van der Waals surface area contributed by atoms with Crippen LogP contribution >= 0.6 is 0 Å². The molecule has 100 valence electrons. The maximum atomic E-state index is 13.6. The first kappa shape index (κ1) is 13.2. The molecule has 0 fully saturated rings. The van der Waals surface area contributed by atoms with Crippen LogP contribution in [0.2, 0.25) is 0 Å². The van der Waals surface area contributed by atoms with Gasteiger partial charge in [-0.05, 0) is 17.7 Å². The molecule has 0 atom stereocenters. The van der Waals surface area contributed by atoms with Crippen LogP contribution in [0.25, 0.3) is 0 Å². The van der Waals surface area contributed by atoms with E-state index in [9.17, 15) is 13.2 Å². The molecular weight excluding hydrogens is 255 g/mol. The lowest BCUT2D eigenvalue weighted by molar-refractivity contribution is 0.573. The van der Waals surface area contributed by atoms with Gasteiger partial charge in [0.2, 0.25) is 0 Å². The lowest BCUT2D eigenvalue weighted by Crippen LogP contribution is -2.20. The van der Waals surface area contributed by atoms with E-state index in [1.165, 1.54) is 17.0 Å². The van der Waals surface area contributed by atoms with E-state index in [0.717, 1.165) is 0 Å². The fraction of sp³-hybridized carbons (Fsp3) is 0.154. The van der Waals surface area contributed by atoms with E-state index in [0.29, 0.717) is 11.6 Å². The van der Waals surface area contributed by atoms with Crippen molar-refractivity contribution in [3.8, 4) is 0 Å². The van der Waals surface area contributed by atoms with Crippen molar-refractivity contribution in [3.05, 3.63) is 53.3 Å². The average molecular weight is 267 g/mol. The summed E-state index contributed by atoms with van der Waals surface area (Å²) in [6.07, 6.45) is 0. The van der Waals surface area contributed by atoms with Crippen molar-refractivity contribution in [2.75, 3.05) is 17.7 Å². The van der Waals surface area contributed by atoms with Crippen LogP contribution in [0.5, 0.6) is 0 Å².